The second kappa shape index (κ2) is 6.05. The van der Waals surface area contributed by atoms with Gasteiger partial charge in [-0.2, -0.15) is 0 Å². The SMILES string of the molecule is CC(C)(C)OC(=O)NCCn1ccc2cc([N+](=O)[O-])ccc21. The molecule has 0 radical (unpaired) electrons. The Labute approximate surface area is 128 Å². The van der Waals surface area contributed by atoms with Crippen LogP contribution in [0, 0.1) is 10.1 Å². The molecular formula is C15H19N3O4. The first-order chi connectivity index (χ1) is 10.3. The number of hydrogen-bond donors (Lipinski definition) is 1. The summed E-state index contributed by atoms with van der Waals surface area (Å²) in [5, 5.41) is 14.2. The van der Waals surface area contributed by atoms with Crippen LogP contribution in [0.25, 0.3) is 10.9 Å². The summed E-state index contributed by atoms with van der Waals surface area (Å²) in [7, 11) is 0. The molecule has 0 aliphatic heterocycles. The minimum Gasteiger partial charge on any atom is -0.444 e. The van der Waals surface area contributed by atoms with Gasteiger partial charge in [-0.1, -0.05) is 0 Å². The van der Waals surface area contributed by atoms with Crippen LogP contribution in [0.4, 0.5) is 10.5 Å². The standard InChI is InChI=1S/C15H19N3O4/c1-15(2,3)22-14(19)16-7-9-17-8-6-11-10-12(18(20)21)4-5-13(11)17/h4-6,8,10H,7,9H2,1-3H3,(H,16,19). The van der Waals surface area contributed by atoms with E-state index in [0.717, 1.165) is 10.9 Å². The van der Waals surface area contributed by atoms with Gasteiger partial charge in [0.25, 0.3) is 5.69 Å². The maximum Gasteiger partial charge on any atom is 0.407 e. The molecule has 0 saturated heterocycles. The van der Waals surface area contributed by atoms with Crippen LogP contribution in [0.5, 0.6) is 0 Å². The topological polar surface area (TPSA) is 86.4 Å². The first kappa shape index (κ1) is 15.8. The average molecular weight is 305 g/mol. The van der Waals surface area contributed by atoms with Crippen molar-refractivity contribution in [1.29, 1.82) is 0 Å². The van der Waals surface area contributed by atoms with Gasteiger partial charge in [-0.05, 0) is 32.9 Å². The molecule has 0 spiro atoms. The summed E-state index contributed by atoms with van der Waals surface area (Å²) < 4.78 is 7.08. The molecule has 0 fully saturated rings. The zero-order valence-corrected chi connectivity index (χ0v) is 12.8. The van der Waals surface area contributed by atoms with E-state index < -0.39 is 16.6 Å². The van der Waals surface area contributed by atoms with E-state index in [-0.39, 0.29) is 5.69 Å². The summed E-state index contributed by atoms with van der Waals surface area (Å²) in [6, 6.07) is 6.53. The summed E-state index contributed by atoms with van der Waals surface area (Å²) in [5.74, 6) is 0. The molecule has 1 heterocycles. The minimum atomic E-state index is -0.525. The van der Waals surface area contributed by atoms with Crippen LogP contribution in [0.15, 0.2) is 30.5 Å². The molecule has 1 aromatic carbocycles. The van der Waals surface area contributed by atoms with Crippen LogP contribution in [-0.2, 0) is 11.3 Å². The van der Waals surface area contributed by atoms with Gasteiger partial charge in [-0.25, -0.2) is 4.79 Å². The molecule has 1 amide bonds. The molecule has 7 nitrogen and oxygen atoms in total. The molecule has 0 aliphatic carbocycles. The summed E-state index contributed by atoms with van der Waals surface area (Å²) in [6.45, 7) is 6.38. The highest BCUT2D eigenvalue weighted by Crippen LogP contribution is 2.21. The molecule has 0 unspecified atom stereocenters. The van der Waals surface area contributed by atoms with Crippen LogP contribution in [0.1, 0.15) is 20.8 Å². The number of benzene rings is 1. The van der Waals surface area contributed by atoms with Crippen LogP contribution in [-0.4, -0.2) is 27.7 Å². The highest BCUT2D eigenvalue weighted by atomic mass is 16.6. The number of nitrogens with zero attached hydrogens (tertiary/aromatic N) is 2. The first-order valence-corrected chi connectivity index (χ1v) is 6.96. The second-order valence-electron chi connectivity index (χ2n) is 5.94. The summed E-state index contributed by atoms with van der Waals surface area (Å²) in [6.07, 6.45) is 1.38. The Morgan fingerprint density at radius 2 is 2.09 bits per heavy atom. The van der Waals surface area contributed by atoms with Gasteiger partial charge in [-0.3, -0.25) is 10.1 Å². The quantitative estimate of drug-likeness (QED) is 0.694. The number of aromatic nitrogens is 1. The van der Waals surface area contributed by atoms with Crippen molar-refractivity contribution in [2.75, 3.05) is 6.54 Å². The number of rotatable bonds is 4. The molecule has 7 heteroatoms. The number of nitro benzene ring substituents is 1. The van der Waals surface area contributed by atoms with Crippen LogP contribution in [0.2, 0.25) is 0 Å². The van der Waals surface area contributed by atoms with E-state index in [1.54, 1.807) is 26.8 Å². The van der Waals surface area contributed by atoms with E-state index in [1.165, 1.54) is 12.1 Å². The van der Waals surface area contributed by atoms with E-state index >= 15 is 0 Å². The van der Waals surface area contributed by atoms with Crippen LogP contribution in [0.3, 0.4) is 0 Å². The Bertz CT molecular complexity index is 700. The normalized spacial score (nSPS) is 11.4. The lowest BCUT2D eigenvalue weighted by atomic mass is 10.2. The number of carbonyl (C=O) groups excluding carboxylic acids is 1. The first-order valence-electron chi connectivity index (χ1n) is 6.96. The van der Waals surface area contributed by atoms with Gasteiger partial charge in [0.15, 0.2) is 0 Å². The molecule has 2 aromatic rings. The van der Waals surface area contributed by atoms with Crippen molar-refractivity contribution in [3.8, 4) is 0 Å². The fraction of sp³-hybridized carbons (Fsp3) is 0.400. The van der Waals surface area contributed by atoms with Crippen LogP contribution < -0.4 is 5.32 Å². The number of non-ortho nitro benzene ring substituents is 1. The van der Waals surface area contributed by atoms with Gasteiger partial charge in [0.05, 0.1) is 4.92 Å². The average Bonchev–Trinajstić information content (AvgIpc) is 2.79. The van der Waals surface area contributed by atoms with Gasteiger partial charge < -0.3 is 14.6 Å². The Kier molecular flexibility index (Phi) is 4.35. The fourth-order valence-electron chi connectivity index (χ4n) is 2.09. The van der Waals surface area contributed by atoms with E-state index in [2.05, 4.69) is 5.32 Å². The van der Waals surface area contributed by atoms with Crippen molar-refractivity contribution in [1.82, 2.24) is 9.88 Å². The van der Waals surface area contributed by atoms with Gasteiger partial charge in [-0.15, -0.1) is 0 Å². The largest absolute Gasteiger partial charge is 0.444 e. The maximum absolute atomic E-state index is 11.6. The molecule has 0 bridgehead atoms. The zero-order chi connectivity index (χ0) is 16.3. The number of fused-ring (bicyclic) bond motifs is 1. The fourth-order valence-corrected chi connectivity index (χ4v) is 2.09. The Morgan fingerprint density at radius 1 is 1.36 bits per heavy atom. The van der Waals surface area contributed by atoms with E-state index in [0.29, 0.717) is 13.1 Å². The lowest BCUT2D eigenvalue weighted by Crippen LogP contribution is -2.34. The molecule has 1 N–H and O–H groups in total. The van der Waals surface area contributed by atoms with E-state index in [9.17, 15) is 14.9 Å². The molecule has 0 atom stereocenters. The van der Waals surface area contributed by atoms with Gasteiger partial charge >= 0.3 is 6.09 Å². The number of carbonyl (C=O) groups is 1. The monoisotopic (exact) mass is 305 g/mol. The van der Waals surface area contributed by atoms with Crippen molar-refractivity contribution in [2.45, 2.75) is 32.9 Å². The summed E-state index contributed by atoms with van der Waals surface area (Å²) in [5.41, 5.74) is 0.428. The molecule has 0 aliphatic rings. The third-order valence-electron chi connectivity index (χ3n) is 2.99. The zero-order valence-electron chi connectivity index (χ0n) is 12.8. The van der Waals surface area contributed by atoms with E-state index in [4.69, 9.17) is 4.74 Å². The number of amides is 1. The minimum absolute atomic E-state index is 0.0668. The second-order valence-corrected chi connectivity index (χ2v) is 5.94. The number of nitro groups is 1. The number of alkyl carbamates (subject to hydrolysis) is 1. The Hall–Kier alpha value is -2.57. The van der Waals surface area contributed by atoms with Crippen LogP contribution >= 0.6 is 0 Å². The molecule has 118 valence electrons. The predicted octanol–water partition coefficient (Wildman–Crippen LogP) is 3.07. The lowest BCUT2D eigenvalue weighted by Gasteiger charge is -2.19. The van der Waals surface area contributed by atoms with Crippen molar-refractivity contribution < 1.29 is 14.5 Å². The van der Waals surface area contributed by atoms with Gasteiger partial charge in [0, 0.05) is 42.3 Å². The van der Waals surface area contributed by atoms with Crippen molar-refractivity contribution in [3.05, 3.63) is 40.6 Å². The van der Waals surface area contributed by atoms with E-state index in [1.807, 2.05) is 16.8 Å². The molecule has 0 saturated carbocycles. The Morgan fingerprint density at radius 3 is 2.73 bits per heavy atom. The number of hydrogen-bond acceptors (Lipinski definition) is 4. The maximum atomic E-state index is 11.6. The third kappa shape index (κ3) is 3.97. The summed E-state index contributed by atoms with van der Waals surface area (Å²) in [4.78, 5) is 21.9. The number of ether oxygens (including phenoxy) is 1. The van der Waals surface area contributed by atoms with Gasteiger partial charge in [0.2, 0.25) is 0 Å². The lowest BCUT2D eigenvalue weighted by molar-refractivity contribution is -0.384. The molecular weight excluding hydrogens is 286 g/mol. The summed E-state index contributed by atoms with van der Waals surface area (Å²) >= 11 is 0. The third-order valence-corrected chi connectivity index (χ3v) is 2.99. The van der Waals surface area contributed by atoms with Crippen molar-refractivity contribution >= 4 is 22.7 Å². The smallest absolute Gasteiger partial charge is 0.407 e. The molecule has 2 rings (SSSR count). The van der Waals surface area contributed by atoms with Gasteiger partial charge in [0.1, 0.15) is 5.60 Å². The van der Waals surface area contributed by atoms with Crippen molar-refractivity contribution in [2.24, 2.45) is 0 Å². The molecule has 1 aromatic heterocycles. The highest BCUT2D eigenvalue weighted by Gasteiger charge is 2.15. The van der Waals surface area contributed by atoms with Crippen molar-refractivity contribution in [3.63, 3.8) is 0 Å². The number of nitrogens with one attached hydrogen (secondary N) is 1. The Balaban J connectivity index is 1.98. The molecule has 22 heavy (non-hydrogen) atoms. The predicted molar refractivity (Wildman–Crippen MR) is 82.8 cm³/mol. The highest BCUT2D eigenvalue weighted by molar-refractivity contribution is 5.82.